The van der Waals surface area contributed by atoms with Crippen LogP contribution in [0.3, 0.4) is 0 Å². The predicted molar refractivity (Wildman–Crippen MR) is 91.2 cm³/mol. The molecule has 1 aliphatic rings. The number of nitrogens with one attached hydrogen (secondary N) is 1. The zero-order valence-electron chi connectivity index (χ0n) is 12.3. The van der Waals surface area contributed by atoms with Crippen LogP contribution in [0.1, 0.15) is 25.0 Å². The second-order valence-corrected chi connectivity index (χ2v) is 7.08. The van der Waals surface area contributed by atoms with E-state index < -0.39 is 0 Å². The van der Waals surface area contributed by atoms with Crippen LogP contribution in [0.4, 0.5) is 0 Å². The Morgan fingerprint density at radius 1 is 1.19 bits per heavy atom. The number of fused-ring (bicyclic) bond motifs is 1. The summed E-state index contributed by atoms with van der Waals surface area (Å²) in [6.07, 6.45) is 4.72. The van der Waals surface area contributed by atoms with Gasteiger partial charge in [-0.15, -0.1) is 0 Å². The Bertz CT molecular complexity index is 581. The first-order chi connectivity index (χ1) is 10.3. The van der Waals surface area contributed by atoms with Gasteiger partial charge < -0.3 is 0 Å². The second kappa shape index (κ2) is 7.25. The first kappa shape index (κ1) is 14.8. The van der Waals surface area contributed by atoms with Gasteiger partial charge in [-0.3, -0.25) is 16.3 Å². The van der Waals surface area contributed by atoms with Crippen molar-refractivity contribution < 1.29 is 0 Å². The van der Waals surface area contributed by atoms with Gasteiger partial charge in [0.25, 0.3) is 0 Å². The molecule has 1 aromatic heterocycles. The molecule has 0 aliphatic carbocycles. The molecule has 1 aromatic carbocycles. The standard InChI is InChI=1S/C17H23N3S/c18-20-16(11-13-7-9-21-10-8-13)12-15-6-5-14-3-1-2-4-17(14)19-15/h1-6,13,16,20H,7-12,18H2. The Morgan fingerprint density at radius 2 is 2.00 bits per heavy atom. The molecule has 1 unspecified atom stereocenters. The predicted octanol–water partition coefficient (Wildman–Crippen LogP) is 3.14. The van der Waals surface area contributed by atoms with Crippen molar-refractivity contribution in [2.24, 2.45) is 11.8 Å². The quantitative estimate of drug-likeness (QED) is 0.658. The summed E-state index contributed by atoms with van der Waals surface area (Å²) in [5.41, 5.74) is 5.20. The first-order valence-corrected chi connectivity index (χ1v) is 8.89. The Labute approximate surface area is 130 Å². The van der Waals surface area contributed by atoms with Crippen LogP contribution in [-0.2, 0) is 6.42 Å². The van der Waals surface area contributed by atoms with Gasteiger partial charge in [0.05, 0.1) is 5.52 Å². The van der Waals surface area contributed by atoms with Crippen molar-refractivity contribution in [1.82, 2.24) is 10.4 Å². The number of para-hydroxylation sites is 1. The highest BCUT2D eigenvalue weighted by Crippen LogP contribution is 2.27. The van der Waals surface area contributed by atoms with Crippen molar-refractivity contribution in [1.29, 1.82) is 0 Å². The highest BCUT2D eigenvalue weighted by molar-refractivity contribution is 7.99. The maximum Gasteiger partial charge on any atom is 0.0705 e. The van der Waals surface area contributed by atoms with Gasteiger partial charge in [-0.1, -0.05) is 24.3 Å². The van der Waals surface area contributed by atoms with E-state index in [0.29, 0.717) is 6.04 Å². The summed E-state index contributed by atoms with van der Waals surface area (Å²) in [4.78, 5) is 4.76. The molecule has 0 spiro atoms. The van der Waals surface area contributed by atoms with Gasteiger partial charge in [0.2, 0.25) is 0 Å². The molecule has 3 nitrogen and oxygen atoms in total. The van der Waals surface area contributed by atoms with E-state index in [-0.39, 0.29) is 0 Å². The number of aromatic nitrogens is 1. The van der Waals surface area contributed by atoms with Crippen molar-refractivity contribution in [3.05, 3.63) is 42.1 Å². The summed E-state index contributed by atoms with van der Waals surface area (Å²) in [6.45, 7) is 0. The van der Waals surface area contributed by atoms with Crippen LogP contribution in [0.15, 0.2) is 36.4 Å². The summed E-state index contributed by atoms with van der Waals surface area (Å²) in [5, 5.41) is 1.20. The van der Waals surface area contributed by atoms with Crippen molar-refractivity contribution in [3.8, 4) is 0 Å². The first-order valence-electron chi connectivity index (χ1n) is 7.73. The van der Waals surface area contributed by atoms with Gasteiger partial charge in [-0.25, -0.2) is 0 Å². The van der Waals surface area contributed by atoms with Gasteiger partial charge in [0.15, 0.2) is 0 Å². The highest BCUT2D eigenvalue weighted by Gasteiger charge is 2.19. The molecule has 1 fully saturated rings. The van der Waals surface area contributed by atoms with Crippen LogP contribution in [0, 0.1) is 5.92 Å². The average molecular weight is 301 g/mol. The summed E-state index contributed by atoms with van der Waals surface area (Å²) in [7, 11) is 0. The van der Waals surface area contributed by atoms with Gasteiger partial charge in [-0.05, 0) is 48.8 Å². The molecule has 2 heterocycles. The SMILES string of the molecule is NNC(Cc1ccc2ccccc2n1)CC1CCSCC1. The van der Waals surface area contributed by atoms with Crippen LogP contribution >= 0.6 is 11.8 Å². The van der Waals surface area contributed by atoms with E-state index in [0.717, 1.165) is 30.0 Å². The number of nitrogens with zero attached hydrogens (tertiary/aromatic N) is 1. The summed E-state index contributed by atoms with van der Waals surface area (Å²) in [6, 6.07) is 12.9. The minimum Gasteiger partial charge on any atom is -0.271 e. The fourth-order valence-electron chi connectivity index (χ4n) is 3.07. The molecule has 0 amide bonds. The lowest BCUT2D eigenvalue weighted by atomic mass is 9.92. The zero-order valence-corrected chi connectivity index (χ0v) is 13.1. The van der Waals surface area contributed by atoms with E-state index in [1.165, 1.54) is 29.7 Å². The zero-order chi connectivity index (χ0) is 14.5. The van der Waals surface area contributed by atoms with Crippen LogP contribution in [-0.4, -0.2) is 22.5 Å². The summed E-state index contributed by atoms with van der Waals surface area (Å²) in [5.74, 6) is 9.18. The molecule has 3 N–H and O–H groups in total. The molecule has 0 radical (unpaired) electrons. The van der Waals surface area contributed by atoms with Crippen LogP contribution in [0.25, 0.3) is 10.9 Å². The Balaban J connectivity index is 1.66. The molecule has 21 heavy (non-hydrogen) atoms. The molecular weight excluding hydrogens is 278 g/mol. The lowest BCUT2D eigenvalue weighted by Crippen LogP contribution is -2.39. The number of hydrogen-bond donors (Lipinski definition) is 2. The molecule has 1 atom stereocenters. The maximum atomic E-state index is 5.77. The molecule has 3 rings (SSSR count). The Kier molecular flexibility index (Phi) is 5.12. The molecule has 1 saturated heterocycles. The van der Waals surface area contributed by atoms with Crippen LogP contribution < -0.4 is 11.3 Å². The van der Waals surface area contributed by atoms with Gasteiger partial charge >= 0.3 is 0 Å². The van der Waals surface area contributed by atoms with E-state index in [2.05, 4.69) is 47.5 Å². The summed E-state index contributed by atoms with van der Waals surface area (Å²) >= 11 is 2.07. The van der Waals surface area contributed by atoms with Gasteiger partial charge in [0.1, 0.15) is 0 Å². The third kappa shape index (κ3) is 3.96. The van der Waals surface area contributed by atoms with E-state index in [4.69, 9.17) is 10.8 Å². The van der Waals surface area contributed by atoms with Crippen LogP contribution in [0.2, 0.25) is 0 Å². The molecule has 0 bridgehead atoms. The maximum absolute atomic E-state index is 5.77. The number of pyridine rings is 1. The lowest BCUT2D eigenvalue weighted by Gasteiger charge is -2.25. The number of nitrogens with two attached hydrogens (primary N) is 1. The normalized spacial score (nSPS) is 18.0. The largest absolute Gasteiger partial charge is 0.271 e. The number of benzene rings is 1. The van der Waals surface area contributed by atoms with E-state index in [1.54, 1.807) is 0 Å². The molecule has 4 heteroatoms. The highest BCUT2D eigenvalue weighted by atomic mass is 32.2. The molecule has 2 aromatic rings. The van der Waals surface area contributed by atoms with Crippen molar-refractivity contribution in [2.75, 3.05) is 11.5 Å². The van der Waals surface area contributed by atoms with Crippen molar-refractivity contribution in [3.63, 3.8) is 0 Å². The van der Waals surface area contributed by atoms with E-state index in [9.17, 15) is 0 Å². The minimum absolute atomic E-state index is 0.326. The van der Waals surface area contributed by atoms with E-state index in [1.807, 2.05) is 6.07 Å². The number of thioether (sulfide) groups is 1. The number of hydrogen-bond acceptors (Lipinski definition) is 4. The molecule has 1 aliphatic heterocycles. The topological polar surface area (TPSA) is 50.9 Å². The second-order valence-electron chi connectivity index (χ2n) is 5.85. The van der Waals surface area contributed by atoms with E-state index >= 15 is 0 Å². The molecular formula is C17H23N3S. The lowest BCUT2D eigenvalue weighted by molar-refractivity contribution is 0.364. The average Bonchev–Trinajstić information content (AvgIpc) is 2.55. The molecule has 112 valence electrons. The number of rotatable bonds is 5. The summed E-state index contributed by atoms with van der Waals surface area (Å²) < 4.78 is 0. The number of hydrazine groups is 1. The van der Waals surface area contributed by atoms with Crippen molar-refractivity contribution >= 4 is 22.7 Å². The molecule has 0 saturated carbocycles. The Hall–Kier alpha value is -1.10. The van der Waals surface area contributed by atoms with Gasteiger partial charge in [-0.2, -0.15) is 11.8 Å². The monoisotopic (exact) mass is 301 g/mol. The minimum atomic E-state index is 0.326. The van der Waals surface area contributed by atoms with Crippen LogP contribution in [0.5, 0.6) is 0 Å². The third-order valence-corrected chi connectivity index (χ3v) is 5.35. The van der Waals surface area contributed by atoms with Crippen molar-refractivity contribution in [2.45, 2.75) is 31.7 Å². The van der Waals surface area contributed by atoms with Gasteiger partial charge in [0, 0.05) is 23.5 Å². The fourth-order valence-corrected chi connectivity index (χ4v) is 4.27. The Morgan fingerprint density at radius 3 is 2.81 bits per heavy atom. The fraction of sp³-hybridized carbons (Fsp3) is 0.471. The third-order valence-electron chi connectivity index (χ3n) is 4.31. The smallest absolute Gasteiger partial charge is 0.0705 e.